The molecule has 0 saturated heterocycles. The number of halogens is 1. The molecule has 3 nitrogen and oxygen atoms in total. The topological polar surface area (TPSA) is 46.5 Å². The van der Waals surface area contributed by atoms with E-state index in [0.717, 1.165) is 63.1 Å². The number of carbonyl (C=O) groups excluding carboxylic acids is 1. The number of aliphatic hydroxyl groups is 1. The number of aliphatic hydroxyl groups excluding tert-OH is 1. The largest absolute Gasteiger partial charge is 0.465 e. The molecule has 0 aliphatic heterocycles. The summed E-state index contributed by atoms with van der Waals surface area (Å²) in [6, 6.07) is 0. The fraction of sp³-hybridized carbons (Fsp3) is 0.917. The van der Waals surface area contributed by atoms with E-state index in [9.17, 15) is 9.90 Å². The van der Waals surface area contributed by atoms with Crippen molar-refractivity contribution in [2.45, 2.75) is 138 Å². The second-order valence-electron chi connectivity index (χ2n) is 16.4. The van der Waals surface area contributed by atoms with Crippen molar-refractivity contribution in [3.05, 3.63) is 11.6 Å². The summed E-state index contributed by atoms with van der Waals surface area (Å²) in [7, 11) is 0. The Balaban J connectivity index is 1.46. The third kappa shape index (κ3) is 4.45. The molecule has 1 N–H and O–H groups in total. The molecule has 10 atom stereocenters. The molecule has 228 valence electrons. The lowest BCUT2D eigenvalue weighted by molar-refractivity contribution is -0.207. The van der Waals surface area contributed by atoms with Gasteiger partial charge in [0.15, 0.2) is 0 Å². The molecule has 4 fully saturated rings. The maximum absolute atomic E-state index is 14.1. The summed E-state index contributed by atoms with van der Waals surface area (Å²) in [5.74, 6) is 2.77. The average Bonchev–Trinajstić information content (AvgIpc) is 2.91. The molecule has 5 aliphatic carbocycles. The first-order chi connectivity index (χ1) is 18.8. The minimum Gasteiger partial charge on any atom is -0.465 e. The Kier molecular flexibility index (Phi) is 8.53. The Labute approximate surface area is 254 Å². The van der Waals surface area contributed by atoms with E-state index in [4.69, 9.17) is 4.74 Å². The van der Waals surface area contributed by atoms with Crippen LogP contribution in [-0.4, -0.2) is 29.1 Å². The summed E-state index contributed by atoms with van der Waals surface area (Å²) in [6.45, 7) is 17.9. The van der Waals surface area contributed by atoms with Gasteiger partial charge in [0.1, 0.15) is 0 Å². The van der Waals surface area contributed by atoms with Gasteiger partial charge >= 0.3 is 5.97 Å². The number of esters is 1. The number of unbranched alkanes of at least 4 members (excludes halogenated alkanes) is 3. The van der Waals surface area contributed by atoms with Gasteiger partial charge in [0, 0.05) is 5.33 Å². The predicted molar refractivity (Wildman–Crippen MR) is 168 cm³/mol. The van der Waals surface area contributed by atoms with Gasteiger partial charge in [0.05, 0.1) is 18.1 Å². The van der Waals surface area contributed by atoms with Crippen molar-refractivity contribution in [3.63, 3.8) is 0 Å². The zero-order chi connectivity index (χ0) is 29.1. The number of fused-ring (bicyclic) bond motifs is 7. The van der Waals surface area contributed by atoms with Crippen LogP contribution in [0.25, 0.3) is 0 Å². The lowest BCUT2D eigenvalue weighted by Gasteiger charge is -2.71. The molecule has 40 heavy (non-hydrogen) atoms. The number of rotatable bonds is 7. The standard InChI is InChI=1S/C36H59BrO3/c1-24-14-19-36(31(39)40-23-11-9-8-10-22-37)21-20-34(6)26(30(36)25(24)2)12-13-28-33(5)17-16-29(38)32(3,4)27(33)15-18-35(28,34)7/h12,24-25,27-30,38H,8-11,13-23H2,1-7H3/t24-,25+,27+,28-,29+,30+,33+,34-,35-,36+/m1/s1. The quantitative estimate of drug-likeness (QED) is 0.134. The zero-order valence-electron chi connectivity index (χ0n) is 26.8. The summed E-state index contributed by atoms with van der Waals surface area (Å²) in [5.41, 5.74) is 1.88. The smallest absolute Gasteiger partial charge is 0.312 e. The van der Waals surface area contributed by atoms with Crippen LogP contribution in [0.3, 0.4) is 0 Å². The third-order valence-corrected chi connectivity index (χ3v) is 15.2. The summed E-state index contributed by atoms with van der Waals surface area (Å²) in [5, 5.41) is 12.1. The van der Waals surface area contributed by atoms with Crippen LogP contribution in [0.2, 0.25) is 0 Å². The molecule has 0 aromatic heterocycles. The fourth-order valence-electron chi connectivity index (χ4n) is 11.7. The van der Waals surface area contributed by atoms with E-state index in [1.54, 1.807) is 5.57 Å². The van der Waals surface area contributed by atoms with Gasteiger partial charge in [-0.2, -0.15) is 0 Å². The molecule has 0 bridgehead atoms. The number of carbonyl (C=O) groups is 1. The first kappa shape index (κ1) is 31.1. The minimum atomic E-state index is -0.339. The molecule has 4 saturated carbocycles. The summed E-state index contributed by atoms with van der Waals surface area (Å²) >= 11 is 3.53. The Morgan fingerprint density at radius 3 is 2.38 bits per heavy atom. The van der Waals surface area contributed by atoms with Crippen molar-refractivity contribution in [2.24, 2.45) is 56.7 Å². The first-order valence-corrected chi connectivity index (χ1v) is 18.0. The predicted octanol–water partition coefficient (Wildman–Crippen LogP) is 9.50. The van der Waals surface area contributed by atoms with E-state index in [0.29, 0.717) is 36.2 Å². The minimum absolute atomic E-state index is 0.0216. The number of alkyl halides is 1. The van der Waals surface area contributed by atoms with Crippen LogP contribution in [0.1, 0.15) is 132 Å². The van der Waals surface area contributed by atoms with E-state index in [1.807, 2.05) is 0 Å². The molecule has 5 rings (SSSR count). The lowest BCUT2D eigenvalue weighted by Crippen LogP contribution is -2.65. The van der Waals surface area contributed by atoms with Crippen molar-refractivity contribution < 1.29 is 14.6 Å². The van der Waals surface area contributed by atoms with Gasteiger partial charge in [-0.15, -0.1) is 0 Å². The number of hydrogen-bond acceptors (Lipinski definition) is 3. The number of ether oxygens (including phenoxy) is 1. The maximum Gasteiger partial charge on any atom is 0.312 e. The van der Waals surface area contributed by atoms with E-state index in [1.165, 1.54) is 25.7 Å². The average molecular weight is 620 g/mol. The summed E-state index contributed by atoms with van der Waals surface area (Å²) < 4.78 is 6.17. The van der Waals surface area contributed by atoms with Crippen LogP contribution in [-0.2, 0) is 9.53 Å². The molecule has 0 radical (unpaired) electrons. The van der Waals surface area contributed by atoms with Gasteiger partial charge in [-0.3, -0.25) is 4.79 Å². The third-order valence-electron chi connectivity index (χ3n) is 14.6. The maximum atomic E-state index is 14.1. The van der Waals surface area contributed by atoms with Gasteiger partial charge < -0.3 is 9.84 Å². The van der Waals surface area contributed by atoms with Crippen molar-refractivity contribution >= 4 is 21.9 Å². The van der Waals surface area contributed by atoms with Gasteiger partial charge in [0.25, 0.3) is 0 Å². The second kappa shape index (κ2) is 11.0. The molecule has 0 unspecified atom stereocenters. The van der Waals surface area contributed by atoms with Crippen LogP contribution in [0, 0.1) is 56.7 Å². The van der Waals surface area contributed by atoms with Crippen LogP contribution < -0.4 is 0 Å². The fourth-order valence-corrected chi connectivity index (χ4v) is 12.1. The van der Waals surface area contributed by atoms with E-state index in [-0.39, 0.29) is 39.1 Å². The van der Waals surface area contributed by atoms with Gasteiger partial charge in [0.2, 0.25) is 0 Å². The molecular weight excluding hydrogens is 560 g/mol. The van der Waals surface area contributed by atoms with Crippen molar-refractivity contribution in [1.29, 1.82) is 0 Å². The highest BCUT2D eigenvalue weighted by Crippen LogP contribution is 2.75. The normalized spacial score (nSPS) is 47.7. The highest BCUT2D eigenvalue weighted by Gasteiger charge is 2.69. The highest BCUT2D eigenvalue weighted by atomic mass is 79.9. The van der Waals surface area contributed by atoms with Crippen LogP contribution in [0.15, 0.2) is 11.6 Å². The van der Waals surface area contributed by atoms with Gasteiger partial charge in [-0.05, 0) is 122 Å². The molecule has 0 amide bonds. The molecule has 0 aromatic rings. The highest BCUT2D eigenvalue weighted by molar-refractivity contribution is 9.09. The summed E-state index contributed by atoms with van der Waals surface area (Å²) in [6.07, 6.45) is 16.9. The zero-order valence-corrected chi connectivity index (χ0v) is 28.4. The molecule has 4 heteroatoms. The van der Waals surface area contributed by atoms with E-state index >= 15 is 0 Å². The number of allylic oxidation sites excluding steroid dienone is 2. The SMILES string of the molecule is C[C@H]1[C@H](C)CC[C@]2(C(=O)OCCCCCCBr)CC[C@]3(C)C(=CC[C@@H]4[C@@]5(C)CC[C@H](O)C(C)(C)[C@@H]5CC[C@]43C)[C@H]12. The van der Waals surface area contributed by atoms with Crippen molar-refractivity contribution in [1.82, 2.24) is 0 Å². The first-order valence-electron chi connectivity index (χ1n) is 16.9. The van der Waals surface area contributed by atoms with Gasteiger partial charge in [-0.25, -0.2) is 0 Å². The Morgan fingerprint density at radius 2 is 1.65 bits per heavy atom. The van der Waals surface area contributed by atoms with Crippen molar-refractivity contribution in [3.8, 4) is 0 Å². The van der Waals surface area contributed by atoms with Gasteiger partial charge in [-0.1, -0.05) is 88.9 Å². The monoisotopic (exact) mass is 618 g/mol. The van der Waals surface area contributed by atoms with Crippen molar-refractivity contribution in [2.75, 3.05) is 11.9 Å². The molecule has 5 aliphatic rings. The number of hydrogen-bond donors (Lipinski definition) is 1. The summed E-state index contributed by atoms with van der Waals surface area (Å²) in [4.78, 5) is 14.1. The second-order valence-corrected chi connectivity index (χ2v) is 17.2. The molecular formula is C36H59BrO3. The molecule has 0 heterocycles. The molecule has 0 aromatic carbocycles. The Morgan fingerprint density at radius 1 is 0.925 bits per heavy atom. The van der Waals surface area contributed by atoms with Crippen LogP contribution in [0.4, 0.5) is 0 Å². The van der Waals surface area contributed by atoms with E-state index in [2.05, 4.69) is 70.5 Å². The van der Waals surface area contributed by atoms with Crippen LogP contribution in [0.5, 0.6) is 0 Å². The molecule has 0 spiro atoms. The lowest BCUT2D eigenvalue weighted by atomic mass is 9.33. The van der Waals surface area contributed by atoms with E-state index < -0.39 is 0 Å². The Hall–Kier alpha value is -0.350. The van der Waals surface area contributed by atoms with Crippen LogP contribution >= 0.6 is 15.9 Å². The Bertz CT molecular complexity index is 989.